The average molecular weight is 462 g/mol. The second kappa shape index (κ2) is 11.5. The summed E-state index contributed by atoms with van der Waals surface area (Å²) in [5.41, 5.74) is 1.21. The number of ether oxygens (including phenoxy) is 1. The molecule has 31 heavy (non-hydrogen) atoms. The van der Waals surface area contributed by atoms with Crippen LogP contribution in [0, 0.1) is 0 Å². The van der Waals surface area contributed by atoms with Crippen LogP contribution in [0.2, 0.25) is 0 Å². The second-order valence-electron chi connectivity index (χ2n) is 6.84. The first-order valence-corrected chi connectivity index (χ1v) is 10.4. The third-order valence-corrected chi connectivity index (χ3v) is 4.50. The van der Waals surface area contributed by atoms with Gasteiger partial charge in [0.25, 0.3) is 5.91 Å². The molecule has 1 amide bonds. The van der Waals surface area contributed by atoms with Crippen molar-refractivity contribution in [2.75, 3.05) is 6.54 Å². The highest BCUT2D eigenvalue weighted by atomic mass is 32.1. The fourth-order valence-electron chi connectivity index (χ4n) is 2.58. The molecule has 0 saturated carbocycles. The van der Waals surface area contributed by atoms with Crippen molar-refractivity contribution in [2.45, 2.75) is 32.8 Å². The maximum atomic E-state index is 12.4. The van der Waals surface area contributed by atoms with Gasteiger partial charge < -0.3 is 14.3 Å². The van der Waals surface area contributed by atoms with E-state index in [1.54, 1.807) is 50.2 Å². The van der Waals surface area contributed by atoms with Crippen LogP contribution < -0.4 is 0 Å². The van der Waals surface area contributed by atoms with Crippen molar-refractivity contribution in [1.29, 1.82) is 0 Å². The molecule has 164 valence electrons. The minimum absolute atomic E-state index is 0.0660. The standard InChI is InChI=1S/C22H23NO6S2/c1-14(2)28-21(27)16-7-5-15(6-8-16)18-11-9-17(29-18)10-12-19(24)23(22(30)31)13-3-4-20(25)26/h5-12,14H,3-4,13H2,1-2H3,(H,25,26)(H,30,31)/b12-10+. The molecule has 0 atom stereocenters. The molecular weight excluding hydrogens is 438 g/mol. The van der Waals surface area contributed by atoms with E-state index >= 15 is 0 Å². The van der Waals surface area contributed by atoms with E-state index < -0.39 is 17.8 Å². The predicted molar refractivity (Wildman–Crippen MR) is 124 cm³/mol. The Labute approximate surface area is 191 Å². The zero-order chi connectivity index (χ0) is 23.0. The zero-order valence-corrected chi connectivity index (χ0v) is 18.8. The number of furan rings is 1. The Balaban J connectivity index is 2.03. The Bertz CT molecular complexity index is 978. The number of nitrogens with zero attached hydrogens (tertiary/aromatic N) is 1. The number of carboxylic acids is 1. The van der Waals surface area contributed by atoms with Crippen LogP contribution in [0.1, 0.15) is 42.8 Å². The van der Waals surface area contributed by atoms with E-state index in [0.29, 0.717) is 17.1 Å². The summed E-state index contributed by atoms with van der Waals surface area (Å²) in [6.45, 7) is 3.73. The summed E-state index contributed by atoms with van der Waals surface area (Å²) in [5.74, 6) is -0.739. The van der Waals surface area contributed by atoms with Crippen LogP contribution in [0.4, 0.5) is 0 Å². The number of esters is 1. The van der Waals surface area contributed by atoms with Gasteiger partial charge in [-0.05, 0) is 50.6 Å². The SMILES string of the molecule is CC(C)OC(=O)c1ccc(-c2ccc(/C=C/C(=O)N(CCCC(=O)O)C(=S)S)o2)cc1. The molecule has 7 nitrogen and oxygen atoms in total. The lowest BCUT2D eigenvalue weighted by molar-refractivity contribution is -0.137. The topological polar surface area (TPSA) is 97.1 Å². The van der Waals surface area contributed by atoms with Crippen LogP contribution >= 0.6 is 24.8 Å². The third-order valence-electron chi connectivity index (χ3n) is 4.03. The van der Waals surface area contributed by atoms with E-state index in [9.17, 15) is 14.4 Å². The Kier molecular flexibility index (Phi) is 9.02. The lowest BCUT2D eigenvalue weighted by Gasteiger charge is -2.18. The number of thiocarbonyl (C=S) groups is 1. The molecule has 0 aliphatic carbocycles. The smallest absolute Gasteiger partial charge is 0.338 e. The lowest BCUT2D eigenvalue weighted by atomic mass is 10.1. The van der Waals surface area contributed by atoms with Gasteiger partial charge in [0.1, 0.15) is 15.8 Å². The summed E-state index contributed by atoms with van der Waals surface area (Å²) < 4.78 is 11.0. The third kappa shape index (κ3) is 7.69. The Morgan fingerprint density at radius 3 is 2.45 bits per heavy atom. The number of hydrogen-bond acceptors (Lipinski definition) is 6. The molecule has 9 heteroatoms. The number of aliphatic carboxylic acids is 1. The molecule has 0 bridgehead atoms. The van der Waals surface area contributed by atoms with E-state index in [-0.39, 0.29) is 29.8 Å². The quantitative estimate of drug-likeness (QED) is 0.247. The van der Waals surface area contributed by atoms with E-state index in [1.807, 2.05) is 0 Å². The van der Waals surface area contributed by atoms with Crippen molar-refractivity contribution in [2.24, 2.45) is 0 Å². The highest BCUT2D eigenvalue weighted by Gasteiger charge is 2.14. The first kappa shape index (κ1) is 24.4. The summed E-state index contributed by atoms with van der Waals surface area (Å²) in [6.07, 6.45) is 2.79. The molecule has 0 aliphatic heterocycles. The van der Waals surface area contributed by atoms with Crippen LogP contribution in [0.15, 0.2) is 46.9 Å². The Morgan fingerprint density at radius 1 is 1.19 bits per heavy atom. The number of amides is 1. The first-order valence-electron chi connectivity index (χ1n) is 9.53. The normalized spacial score (nSPS) is 11.0. The average Bonchev–Trinajstić information content (AvgIpc) is 3.17. The van der Waals surface area contributed by atoms with E-state index in [1.165, 1.54) is 17.1 Å². The highest BCUT2D eigenvalue weighted by molar-refractivity contribution is 8.11. The van der Waals surface area contributed by atoms with Crippen LogP contribution in [-0.4, -0.2) is 44.8 Å². The molecule has 0 spiro atoms. The lowest BCUT2D eigenvalue weighted by Crippen LogP contribution is -2.32. The van der Waals surface area contributed by atoms with Gasteiger partial charge in [-0.3, -0.25) is 14.5 Å². The first-order chi connectivity index (χ1) is 14.7. The Hall–Kier alpha value is -2.91. The zero-order valence-electron chi connectivity index (χ0n) is 17.1. The molecular formula is C22H23NO6S2. The van der Waals surface area contributed by atoms with Crippen molar-refractivity contribution < 1.29 is 28.6 Å². The summed E-state index contributed by atoms with van der Waals surface area (Å²) >= 11 is 8.98. The van der Waals surface area contributed by atoms with Crippen LogP contribution in [0.3, 0.4) is 0 Å². The minimum atomic E-state index is -0.944. The van der Waals surface area contributed by atoms with Gasteiger partial charge >= 0.3 is 11.9 Å². The van der Waals surface area contributed by atoms with Gasteiger partial charge in [0.05, 0.1) is 11.7 Å². The number of benzene rings is 1. The van der Waals surface area contributed by atoms with Gasteiger partial charge in [0.2, 0.25) is 0 Å². The van der Waals surface area contributed by atoms with Crippen molar-refractivity contribution in [3.8, 4) is 11.3 Å². The molecule has 0 fully saturated rings. The number of carbonyl (C=O) groups is 3. The van der Waals surface area contributed by atoms with Crippen molar-refractivity contribution in [3.05, 3.63) is 53.8 Å². The van der Waals surface area contributed by atoms with Gasteiger partial charge in [-0.1, -0.05) is 24.4 Å². The fraction of sp³-hybridized carbons (Fsp3) is 0.273. The summed E-state index contributed by atoms with van der Waals surface area (Å²) in [7, 11) is 0. The number of thiol groups is 1. The van der Waals surface area contributed by atoms with Crippen LogP contribution in [0.5, 0.6) is 0 Å². The number of hydrogen-bond donors (Lipinski definition) is 2. The number of carboxylic acid groups (broad SMARTS) is 1. The summed E-state index contributed by atoms with van der Waals surface area (Å²) in [6, 6.07) is 10.3. The van der Waals surface area contributed by atoms with E-state index in [2.05, 4.69) is 12.6 Å². The van der Waals surface area contributed by atoms with Gasteiger partial charge in [-0.2, -0.15) is 0 Å². The van der Waals surface area contributed by atoms with E-state index in [4.69, 9.17) is 26.5 Å². The van der Waals surface area contributed by atoms with Gasteiger partial charge in [-0.15, -0.1) is 12.6 Å². The minimum Gasteiger partial charge on any atom is -0.481 e. The van der Waals surface area contributed by atoms with Gasteiger partial charge in [0.15, 0.2) is 0 Å². The van der Waals surface area contributed by atoms with Crippen LogP contribution in [-0.2, 0) is 14.3 Å². The largest absolute Gasteiger partial charge is 0.481 e. The summed E-state index contributed by atoms with van der Waals surface area (Å²) in [4.78, 5) is 36.1. The predicted octanol–water partition coefficient (Wildman–Crippen LogP) is 4.43. The number of rotatable bonds is 9. The van der Waals surface area contributed by atoms with Crippen LogP contribution in [0.25, 0.3) is 17.4 Å². The fourth-order valence-corrected chi connectivity index (χ4v) is 2.96. The molecule has 0 radical (unpaired) electrons. The summed E-state index contributed by atoms with van der Waals surface area (Å²) in [5, 5.41) is 8.72. The maximum absolute atomic E-state index is 12.4. The maximum Gasteiger partial charge on any atom is 0.338 e. The Morgan fingerprint density at radius 2 is 1.87 bits per heavy atom. The molecule has 1 heterocycles. The monoisotopic (exact) mass is 461 g/mol. The second-order valence-corrected chi connectivity index (χ2v) is 7.95. The molecule has 0 saturated heterocycles. The molecule has 0 aliphatic rings. The van der Waals surface area contributed by atoms with Crippen molar-refractivity contribution in [1.82, 2.24) is 4.90 Å². The molecule has 2 rings (SSSR count). The molecule has 1 N–H and O–H groups in total. The van der Waals surface area contributed by atoms with Crippen molar-refractivity contribution >= 4 is 53.1 Å². The molecule has 0 unspecified atom stereocenters. The highest BCUT2D eigenvalue weighted by Crippen LogP contribution is 2.23. The van der Waals surface area contributed by atoms with Gasteiger partial charge in [-0.25, -0.2) is 4.79 Å². The van der Waals surface area contributed by atoms with E-state index in [0.717, 1.165) is 5.56 Å². The van der Waals surface area contributed by atoms with Gasteiger partial charge in [0, 0.05) is 24.6 Å². The number of carbonyl (C=O) groups excluding carboxylic acids is 2. The molecule has 1 aromatic carbocycles. The molecule has 2 aromatic rings. The molecule has 1 aromatic heterocycles. The van der Waals surface area contributed by atoms with Crippen molar-refractivity contribution in [3.63, 3.8) is 0 Å².